The van der Waals surface area contributed by atoms with Crippen molar-refractivity contribution < 1.29 is 4.79 Å². The maximum absolute atomic E-state index is 11.6. The molecule has 2 aromatic rings. The summed E-state index contributed by atoms with van der Waals surface area (Å²) in [4.78, 5) is 15.4. The zero-order valence-corrected chi connectivity index (χ0v) is 10.2. The standard InChI is InChI=1S/C9H6BrClN4O/c10-6-3-5(11)1-2-7(6)14-9(16)8-12-4-13-15-8/h1-4H,(H,14,16)(H,12,13,15). The van der Waals surface area contributed by atoms with Crippen molar-refractivity contribution in [3.63, 3.8) is 0 Å². The lowest BCUT2D eigenvalue weighted by atomic mass is 10.3. The summed E-state index contributed by atoms with van der Waals surface area (Å²) in [6.07, 6.45) is 1.27. The normalized spacial score (nSPS) is 10.1. The molecule has 0 saturated carbocycles. The SMILES string of the molecule is O=C(Nc1ccc(Cl)cc1Br)c1ncn[nH]1. The summed E-state index contributed by atoms with van der Waals surface area (Å²) < 4.78 is 0.702. The lowest BCUT2D eigenvalue weighted by molar-refractivity contribution is 0.101. The molecule has 1 amide bonds. The molecular formula is C9H6BrClN4O. The fourth-order valence-corrected chi connectivity index (χ4v) is 1.87. The van der Waals surface area contributed by atoms with Gasteiger partial charge < -0.3 is 5.32 Å². The van der Waals surface area contributed by atoms with E-state index in [9.17, 15) is 4.79 Å². The number of halogens is 2. The highest BCUT2D eigenvalue weighted by molar-refractivity contribution is 9.10. The number of hydrogen-bond donors (Lipinski definition) is 2. The number of anilines is 1. The molecule has 1 heterocycles. The van der Waals surface area contributed by atoms with E-state index in [1.807, 2.05) is 0 Å². The number of rotatable bonds is 2. The number of aromatic nitrogens is 3. The number of aromatic amines is 1. The van der Waals surface area contributed by atoms with Gasteiger partial charge in [0.05, 0.1) is 5.69 Å². The first-order chi connectivity index (χ1) is 7.66. The predicted molar refractivity (Wildman–Crippen MR) is 63.5 cm³/mol. The highest BCUT2D eigenvalue weighted by Gasteiger charge is 2.10. The van der Waals surface area contributed by atoms with Crippen LogP contribution in [0.4, 0.5) is 5.69 Å². The molecule has 1 aromatic carbocycles. The molecule has 0 radical (unpaired) electrons. The van der Waals surface area contributed by atoms with Gasteiger partial charge in [0.15, 0.2) is 0 Å². The Balaban J connectivity index is 2.18. The zero-order chi connectivity index (χ0) is 11.5. The van der Waals surface area contributed by atoms with Gasteiger partial charge in [0, 0.05) is 9.50 Å². The summed E-state index contributed by atoms with van der Waals surface area (Å²) in [7, 11) is 0. The topological polar surface area (TPSA) is 70.7 Å². The molecule has 16 heavy (non-hydrogen) atoms. The van der Waals surface area contributed by atoms with E-state index >= 15 is 0 Å². The van der Waals surface area contributed by atoms with Crippen molar-refractivity contribution in [1.29, 1.82) is 0 Å². The Labute approximate surface area is 104 Å². The van der Waals surface area contributed by atoms with E-state index in [1.165, 1.54) is 6.33 Å². The molecule has 7 heteroatoms. The van der Waals surface area contributed by atoms with Gasteiger partial charge in [-0.1, -0.05) is 11.6 Å². The van der Waals surface area contributed by atoms with Crippen LogP contribution in [0, 0.1) is 0 Å². The van der Waals surface area contributed by atoms with Crippen molar-refractivity contribution in [1.82, 2.24) is 15.2 Å². The molecule has 0 bridgehead atoms. The lowest BCUT2D eigenvalue weighted by Gasteiger charge is -2.05. The number of carbonyl (C=O) groups is 1. The van der Waals surface area contributed by atoms with Crippen LogP contribution in [0.3, 0.4) is 0 Å². The first-order valence-electron chi connectivity index (χ1n) is 4.28. The van der Waals surface area contributed by atoms with Crippen molar-refractivity contribution in [2.45, 2.75) is 0 Å². The third kappa shape index (κ3) is 2.40. The van der Waals surface area contributed by atoms with Crippen molar-refractivity contribution >= 4 is 39.1 Å². The molecule has 2 rings (SSSR count). The Bertz CT molecular complexity index is 514. The predicted octanol–water partition coefficient (Wildman–Crippen LogP) is 2.47. The van der Waals surface area contributed by atoms with Gasteiger partial charge in [-0.2, -0.15) is 5.10 Å². The number of carbonyl (C=O) groups excluding carboxylic acids is 1. The molecule has 0 unspecified atom stereocenters. The van der Waals surface area contributed by atoms with E-state index in [2.05, 4.69) is 36.4 Å². The van der Waals surface area contributed by atoms with Crippen LogP contribution in [-0.4, -0.2) is 21.1 Å². The smallest absolute Gasteiger partial charge is 0.293 e. The number of nitrogens with one attached hydrogen (secondary N) is 2. The second-order valence-electron chi connectivity index (χ2n) is 2.91. The maximum atomic E-state index is 11.6. The molecular weight excluding hydrogens is 295 g/mol. The Morgan fingerprint density at radius 1 is 1.50 bits per heavy atom. The molecule has 0 fully saturated rings. The van der Waals surface area contributed by atoms with E-state index in [0.717, 1.165) is 0 Å². The van der Waals surface area contributed by atoms with Crippen LogP contribution in [0.25, 0.3) is 0 Å². The van der Waals surface area contributed by atoms with Crippen molar-refractivity contribution in [3.8, 4) is 0 Å². The lowest BCUT2D eigenvalue weighted by Crippen LogP contribution is -2.14. The quantitative estimate of drug-likeness (QED) is 0.895. The van der Waals surface area contributed by atoms with Gasteiger partial charge in [0.1, 0.15) is 6.33 Å². The fourth-order valence-electron chi connectivity index (χ4n) is 1.09. The molecule has 0 atom stereocenters. The number of hydrogen-bond acceptors (Lipinski definition) is 3. The van der Waals surface area contributed by atoms with Gasteiger partial charge >= 0.3 is 0 Å². The third-order valence-electron chi connectivity index (χ3n) is 1.81. The summed E-state index contributed by atoms with van der Waals surface area (Å²) in [5.41, 5.74) is 0.616. The van der Waals surface area contributed by atoms with Gasteiger partial charge in [0.2, 0.25) is 5.82 Å². The van der Waals surface area contributed by atoms with Gasteiger partial charge in [-0.15, -0.1) is 0 Å². The Morgan fingerprint density at radius 3 is 2.94 bits per heavy atom. The zero-order valence-electron chi connectivity index (χ0n) is 7.87. The average molecular weight is 302 g/mol. The highest BCUT2D eigenvalue weighted by atomic mass is 79.9. The minimum atomic E-state index is -0.361. The molecule has 82 valence electrons. The van der Waals surface area contributed by atoms with E-state index in [-0.39, 0.29) is 11.7 Å². The van der Waals surface area contributed by atoms with E-state index in [4.69, 9.17) is 11.6 Å². The van der Waals surface area contributed by atoms with E-state index in [1.54, 1.807) is 18.2 Å². The van der Waals surface area contributed by atoms with Gasteiger partial charge in [0.25, 0.3) is 5.91 Å². The fraction of sp³-hybridized carbons (Fsp3) is 0. The van der Waals surface area contributed by atoms with Crippen molar-refractivity contribution in [2.24, 2.45) is 0 Å². The van der Waals surface area contributed by atoms with Gasteiger partial charge in [-0.3, -0.25) is 9.89 Å². The van der Waals surface area contributed by atoms with E-state index in [0.29, 0.717) is 15.2 Å². The molecule has 2 N–H and O–H groups in total. The van der Waals surface area contributed by atoms with Crippen LogP contribution in [0.15, 0.2) is 29.0 Å². The molecule has 0 saturated heterocycles. The van der Waals surface area contributed by atoms with E-state index < -0.39 is 0 Å². The molecule has 0 aliphatic carbocycles. The highest BCUT2D eigenvalue weighted by Crippen LogP contribution is 2.25. The first kappa shape index (κ1) is 11.1. The number of benzene rings is 1. The van der Waals surface area contributed by atoms with Crippen LogP contribution < -0.4 is 5.32 Å². The Kier molecular flexibility index (Phi) is 3.21. The molecule has 5 nitrogen and oxygen atoms in total. The minimum absolute atomic E-state index is 0.154. The number of H-pyrrole nitrogens is 1. The molecule has 0 spiro atoms. The summed E-state index contributed by atoms with van der Waals surface area (Å²) in [5, 5.41) is 9.31. The largest absolute Gasteiger partial charge is 0.318 e. The van der Waals surface area contributed by atoms with Crippen LogP contribution in [0.5, 0.6) is 0 Å². The summed E-state index contributed by atoms with van der Waals surface area (Å²) in [6, 6.07) is 5.07. The third-order valence-corrected chi connectivity index (χ3v) is 2.70. The van der Waals surface area contributed by atoms with Crippen molar-refractivity contribution in [3.05, 3.63) is 39.8 Å². The second-order valence-corrected chi connectivity index (χ2v) is 4.20. The molecule has 1 aromatic heterocycles. The Morgan fingerprint density at radius 2 is 2.31 bits per heavy atom. The Hall–Kier alpha value is -1.40. The maximum Gasteiger partial charge on any atom is 0.293 e. The van der Waals surface area contributed by atoms with Crippen LogP contribution >= 0.6 is 27.5 Å². The molecule has 0 aliphatic heterocycles. The minimum Gasteiger partial charge on any atom is -0.318 e. The van der Waals surface area contributed by atoms with Gasteiger partial charge in [-0.05, 0) is 34.1 Å². The number of amides is 1. The number of nitrogens with zero attached hydrogens (tertiary/aromatic N) is 2. The summed E-state index contributed by atoms with van der Waals surface area (Å²) in [6.45, 7) is 0. The first-order valence-corrected chi connectivity index (χ1v) is 5.45. The van der Waals surface area contributed by atoms with Crippen molar-refractivity contribution in [2.75, 3.05) is 5.32 Å². The summed E-state index contributed by atoms with van der Waals surface area (Å²) in [5.74, 6) is -0.206. The van der Waals surface area contributed by atoms with Crippen LogP contribution in [0.2, 0.25) is 5.02 Å². The van der Waals surface area contributed by atoms with Gasteiger partial charge in [-0.25, -0.2) is 4.98 Å². The average Bonchev–Trinajstić information content (AvgIpc) is 2.75. The van der Waals surface area contributed by atoms with Crippen LogP contribution in [-0.2, 0) is 0 Å². The van der Waals surface area contributed by atoms with Crippen LogP contribution in [0.1, 0.15) is 10.6 Å². The summed E-state index contributed by atoms with van der Waals surface area (Å²) >= 11 is 9.08. The molecule has 0 aliphatic rings. The second kappa shape index (κ2) is 4.63. The monoisotopic (exact) mass is 300 g/mol.